The SMILES string of the molecule is CC(C)NC(=O)[C@@H]1CCC[C@H](Nc2ccncc2[N+](=O)[O-])C1. The van der Waals surface area contributed by atoms with Gasteiger partial charge in [0.1, 0.15) is 11.9 Å². The van der Waals surface area contributed by atoms with Crippen molar-refractivity contribution in [2.75, 3.05) is 5.32 Å². The summed E-state index contributed by atoms with van der Waals surface area (Å²) in [4.78, 5) is 26.5. The summed E-state index contributed by atoms with van der Waals surface area (Å²) in [5, 5.41) is 17.2. The van der Waals surface area contributed by atoms with Crippen LogP contribution in [0.4, 0.5) is 11.4 Å². The molecule has 2 rings (SSSR count). The standard InChI is InChI=1S/C15H22N4O3/c1-10(2)17-15(20)11-4-3-5-12(8-11)18-13-6-7-16-9-14(13)19(21)22/h6-7,9-12H,3-5,8H2,1-2H3,(H,16,18)(H,17,20)/t11-,12+/m1/s1. The molecule has 0 spiro atoms. The van der Waals surface area contributed by atoms with Gasteiger partial charge in [-0.1, -0.05) is 6.42 Å². The molecule has 0 aromatic carbocycles. The molecular formula is C15H22N4O3. The van der Waals surface area contributed by atoms with Gasteiger partial charge in [-0.3, -0.25) is 19.9 Å². The maximum Gasteiger partial charge on any atom is 0.310 e. The van der Waals surface area contributed by atoms with Gasteiger partial charge in [-0.25, -0.2) is 0 Å². The molecule has 0 saturated heterocycles. The lowest BCUT2D eigenvalue weighted by Crippen LogP contribution is -2.40. The third kappa shape index (κ3) is 4.16. The van der Waals surface area contributed by atoms with Gasteiger partial charge in [0.25, 0.3) is 0 Å². The highest BCUT2D eigenvalue weighted by atomic mass is 16.6. The number of carbonyl (C=O) groups is 1. The van der Waals surface area contributed by atoms with Crippen LogP contribution in [0.15, 0.2) is 18.5 Å². The molecule has 0 unspecified atom stereocenters. The molecule has 22 heavy (non-hydrogen) atoms. The van der Waals surface area contributed by atoms with Crippen molar-refractivity contribution in [3.8, 4) is 0 Å². The normalized spacial score (nSPS) is 21.4. The van der Waals surface area contributed by atoms with E-state index in [4.69, 9.17) is 0 Å². The van der Waals surface area contributed by atoms with Crippen molar-refractivity contribution in [2.45, 2.75) is 51.6 Å². The number of amides is 1. The van der Waals surface area contributed by atoms with E-state index in [0.29, 0.717) is 12.1 Å². The van der Waals surface area contributed by atoms with Gasteiger partial charge in [-0.05, 0) is 39.2 Å². The number of carbonyl (C=O) groups excluding carboxylic acids is 1. The van der Waals surface area contributed by atoms with Crippen LogP contribution in [0.3, 0.4) is 0 Å². The van der Waals surface area contributed by atoms with E-state index in [-0.39, 0.29) is 29.6 Å². The van der Waals surface area contributed by atoms with E-state index < -0.39 is 4.92 Å². The molecular weight excluding hydrogens is 284 g/mol. The van der Waals surface area contributed by atoms with Crippen LogP contribution >= 0.6 is 0 Å². The molecule has 1 heterocycles. The highest BCUT2D eigenvalue weighted by Crippen LogP contribution is 2.30. The number of hydrogen-bond acceptors (Lipinski definition) is 5. The van der Waals surface area contributed by atoms with Crippen LogP contribution in [-0.2, 0) is 4.79 Å². The number of rotatable bonds is 5. The minimum atomic E-state index is -0.443. The fraction of sp³-hybridized carbons (Fsp3) is 0.600. The summed E-state index contributed by atoms with van der Waals surface area (Å²) in [5.41, 5.74) is 0.436. The summed E-state index contributed by atoms with van der Waals surface area (Å²) in [6.45, 7) is 3.88. The Morgan fingerprint density at radius 2 is 2.23 bits per heavy atom. The Hall–Kier alpha value is -2.18. The zero-order valence-corrected chi connectivity index (χ0v) is 12.9. The number of pyridine rings is 1. The number of hydrogen-bond donors (Lipinski definition) is 2. The van der Waals surface area contributed by atoms with Gasteiger partial charge in [-0.15, -0.1) is 0 Å². The van der Waals surface area contributed by atoms with Gasteiger partial charge in [0.05, 0.1) is 4.92 Å². The summed E-state index contributed by atoms with van der Waals surface area (Å²) in [5.74, 6) is 0.0419. The smallest absolute Gasteiger partial charge is 0.310 e. The van der Waals surface area contributed by atoms with Gasteiger partial charge in [0.15, 0.2) is 0 Å². The highest BCUT2D eigenvalue weighted by molar-refractivity contribution is 5.79. The molecule has 1 saturated carbocycles. The summed E-state index contributed by atoms with van der Waals surface area (Å²) in [6.07, 6.45) is 6.18. The molecule has 1 aliphatic carbocycles. The second-order valence-corrected chi connectivity index (χ2v) is 6.02. The van der Waals surface area contributed by atoms with Crippen molar-refractivity contribution in [1.82, 2.24) is 10.3 Å². The van der Waals surface area contributed by atoms with Gasteiger partial charge in [0.2, 0.25) is 5.91 Å². The Labute approximate surface area is 129 Å². The molecule has 0 bridgehead atoms. The monoisotopic (exact) mass is 306 g/mol. The minimum absolute atomic E-state index is 0.0312. The number of nitro groups is 1. The predicted molar refractivity (Wildman–Crippen MR) is 83.5 cm³/mol. The second kappa shape index (κ2) is 7.20. The third-order valence-electron chi connectivity index (χ3n) is 3.83. The first-order valence-corrected chi connectivity index (χ1v) is 7.62. The van der Waals surface area contributed by atoms with Crippen LogP contribution in [0, 0.1) is 16.0 Å². The maximum absolute atomic E-state index is 12.1. The summed E-state index contributed by atoms with van der Waals surface area (Å²) >= 11 is 0. The number of anilines is 1. The Morgan fingerprint density at radius 3 is 2.91 bits per heavy atom. The van der Waals surface area contributed by atoms with Crippen molar-refractivity contribution in [1.29, 1.82) is 0 Å². The maximum atomic E-state index is 12.1. The second-order valence-electron chi connectivity index (χ2n) is 6.02. The van der Waals surface area contributed by atoms with E-state index in [1.165, 1.54) is 12.4 Å². The largest absolute Gasteiger partial charge is 0.377 e. The summed E-state index contributed by atoms with van der Waals surface area (Å²) in [7, 11) is 0. The van der Waals surface area contributed by atoms with E-state index in [9.17, 15) is 14.9 Å². The van der Waals surface area contributed by atoms with Crippen LogP contribution in [0.2, 0.25) is 0 Å². The van der Waals surface area contributed by atoms with Gasteiger partial charge in [0, 0.05) is 24.2 Å². The summed E-state index contributed by atoms with van der Waals surface area (Å²) in [6, 6.07) is 1.80. The molecule has 2 atom stereocenters. The first-order chi connectivity index (χ1) is 10.5. The van der Waals surface area contributed by atoms with Crippen LogP contribution in [0.1, 0.15) is 39.5 Å². The molecule has 0 aliphatic heterocycles. The zero-order valence-electron chi connectivity index (χ0n) is 12.9. The molecule has 1 fully saturated rings. The predicted octanol–water partition coefficient (Wildman–Crippen LogP) is 2.49. The third-order valence-corrected chi connectivity index (χ3v) is 3.83. The van der Waals surface area contributed by atoms with Crippen molar-refractivity contribution >= 4 is 17.3 Å². The number of aromatic nitrogens is 1. The molecule has 7 nitrogen and oxygen atoms in total. The topological polar surface area (TPSA) is 97.2 Å². The fourth-order valence-electron chi connectivity index (χ4n) is 2.83. The van der Waals surface area contributed by atoms with Crippen LogP contribution in [0.25, 0.3) is 0 Å². The fourth-order valence-corrected chi connectivity index (χ4v) is 2.83. The molecule has 120 valence electrons. The molecule has 1 amide bonds. The van der Waals surface area contributed by atoms with Crippen molar-refractivity contribution in [3.63, 3.8) is 0 Å². The number of nitrogens with zero attached hydrogens (tertiary/aromatic N) is 2. The van der Waals surface area contributed by atoms with Crippen LogP contribution in [0.5, 0.6) is 0 Å². The van der Waals surface area contributed by atoms with Crippen molar-refractivity contribution in [3.05, 3.63) is 28.6 Å². The quantitative estimate of drug-likeness (QED) is 0.643. The molecule has 1 aromatic heterocycles. The Balaban J connectivity index is 2.02. The average Bonchev–Trinajstić information content (AvgIpc) is 2.47. The first kappa shape index (κ1) is 16.2. The molecule has 1 aliphatic rings. The van der Waals surface area contributed by atoms with E-state index in [2.05, 4.69) is 15.6 Å². The molecule has 0 radical (unpaired) electrons. The van der Waals surface area contributed by atoms with Crippen molar-refractivity contribution in [2.24, 2.45) is 5.92 Å². The Bertz CT molecular complexity index is 547. The average molecular weight is 306 g/mol. The zero-order chi connectivity index (χ0) is 16.1. The minimum Gasteiger partial charge on any atom is -0.377 e. The Kier molecular flexibility index (Phi) is 5.30. The van der Waals surface area contributed by atoms with E-state index in [0.717, 1.165) is 19.3 Å². The van der Waals surface area contributed by atoms with E-state index in [1.807, 2.05) is 13.8 Å². The molecule has 2 N–H and O–H groups in total. The Morgan fingerprint density at radius 1 is 1.45 bits per heavy atom. The lowest BCUT2D eigenvalue weighted by Gasteiger charge is -2.30. The molecule has 7 heteroatoms. The van der Waals surface area contributed by atoms with Crippen LogP contribution in [-0.4, -0.2) is 27.9 Å². The van der Waals surface area contributed by atoms with Gasteiger partial charge < -0.3 is 10.6 Å². The molecule has 1 aromatic rings. The highest BCUT2D eigenvalue weighted by Gasteiger charge is 2.28. The van der Waals surface area contributed by atoms with Gasteiger partial charge in [-0.2, -0.15) is 0 Å². The lowest BCUT2D eigenvalue weighted by molar-refractivity contribution is -0.384. The van der Waals surface area contributed by atoms with Crippen molar-refractivity contribution < 1.29 is 9.72 Å². The first-order valence-electron chi connectivity index (χ1n) is 7.62. The lowest BCUT2D eigenvalue weighted by atomic mass is 9.85. The van der Waals surface area contributed by atoms with Crippen LogP contribution < -0.4 is 10.6 Å². The summed E-state index contributed by atoms with van der Waals surface area (Å²) < 4.78 is 0. The number of nitrogens with one attached hydrogen (secondary N) is 2. The van der Waals surface area contributed by atoms with E-state index in [1.54, 1.807) is 6.07 Å². The van der Waals surface area contributed by atoms with E-state index >= 15 is 0 Å². The van der Waals surface area contributed by atoms with Gasteiger partial charge >= 0.3 is 5.69 Å².